The highest BCUT2D eigenvalue weighted by atomic mass is 19.1. The van der Waals surface area contributed by atoms with Gasteiger partial charge < -0.3 is 4.90 Å². The van der Waals surface area contributed by atoms with Crippen LogP contribution >= 0.6 is 0 Å². The van der Waals surface area contributed by atoms with Crippen LogP contribution in [-0.2, 0) is 4.79 Å². The smallest absolute Gasteiger partial charge is 0.299 e. The van der Waals surface area contributed by atoms with E-state index in [-0.39, 0.29) is 18.7 Å². The normalized spacial score (nSPS) is 13.5. The van der Waals surface area contributed by atoms with Crippen molar-refractivity contribution < 1.29 is 14.0 Å². The summed E-state index contributed by atoms with van der Waals surface area (Å²) in [6, 6.07) is 3.66. The fourth-order valence-corrected chi connectivity index (χ4v) is 1.84. The number of ketones is 1. The molecule has 0 aliphatic carbocycles. The van der Waals surface area contributed by atoms with Crippen LogP contribution in [0.25, 0.3) is 10.4 Å². The van der Waals surface area contributed by atoms with Gasteiger partial charge in [0.2, 0.25) is 0 Å². The summed E-state index contributed by atoms with van der Waals surface area (Å²) in [7, 11) is 0. The third-order valence-corrected chi connectivity index (χ3v) is 2.64. The summed E-state index contributed by atoms with van der Waals surface area (Å²) in [5.74, 6) is -1.92. The van der Waals surface area contributed by atoms with E-state index in [4.69, 9.17) is 5.53 Å². The molecule has 0 atom stereocenters. The lowest BCUT2D eigenvalue weighted by Crippen LogP contribution is -2.30. The molecular formula is C11H9FN4O2. The summed E-state index contributed by atoms with van der Waals surface area (Å²) in [4.78, 5) is 27.2. The van der Waals surface area contributed by atoms with E-state index in [2.05, 4.69) is 10.0 Å². The van der Waals surface area contributed by atoms with Crippen LogP contribution in [0.15, 0.2) is 23.3 Å². The molecule has 1 aromatic carbocycles. The second-order valence-corrected chi connectivity index (χ2v) is 3.76. The number of anilines is 1. The second-order valence-electron chi connectivity index (χ2n) is 3.76. The lowest BCUT2D eigenvalue weighted by molar-refractivity contribution is -0.114. The largest absolute Gasteiger partial charge is 0.305 e. The number of amides is 1. The van der Waals surface area contributed by atoms with Crippen molar-refractivity contribution in [2.45, 2.75) is 6.42 Å². The van der Waals surface area contributed by atoms with Gasteiger partial charge in [-0.2, -0.15) is 0 Å². The van der Waals surface area contributed by atoms with Crippen LogP contribution in [-0.4, -0.2) is 24.8 Å². The minimum atomic E-state index is -0.701. The van der Waals surface area contributed by atoms with E-state index in [1.165, 1.54) is 17.0 Å². The van der Waals surface area contributed by atoms with Crippen molar-refractivity contribution in [1.29, 1.82) is 0 Å². The molecule has 18 heavy (non-hydrogen) atoms. The van der Waals surface area contributed by atoms with Crippen LogP contribution in [0.5, 0.6) is 0 Å². The van der Waals surface area contributed by atoms with E-state index in [1.54, 1.807) is 0 Å². The van der Waals surface area contributed by atoms with Gasteiger partial charge >= 0.3 is 0 Å². The van der Waals surface area contributed by atoms with Crippen LogP contribution in [0, 0.1) is 5.82 Å². The molecule has 1 aromatic rings. The molecular weight excluding hydrogens is 239 g/mol. The fraction of sp³-hybridized carbons (Fsp3) is 0.273. The number of hydrogen-bond acceptors (Lipinski definition) is 3. The maximum absolute atomic E-state index is 13.0. The van der Waals surface area contributed by atoms with Gasteiger partial charge in [0.05, 0.1) is 11.3 Å². The average Bonchev–Trinajstić information content (AvgIpc) is 2.59. The Labute approximate surface area is 102 Å². The Morgan fingerprint density at radius 1 is 1.39 bits per heavy atom. The summed E-state index contributed by atoms with van der Waals surface area (Å²) in [6.45, 7) is 0.507. The predicted molar refractivity (Wildman–Crippen MR) is 61.7 cm³/mol. The van der Waals surface area contributed by atoms with E-state index in [0.29, 0.717) is 12.1 Å². The van der Waals surface area contributed by atoms with E-state index >= 15 is 0 Å². The standard InChI is InChI=1S/C11H9FN4O2/c12-7-2-3-9-8(6-7)10(17)11(18)16(9)5-1-4-14-15-13/h2-3,6H,1,4-5H2. The molecule has 1 heterocycles. The Morgan fingerprint density at radius 3 is 2.89 bits per heavy atom. The van der Waals surface area contributed by atoms with Gasteiger partial charge in [-0.05, 0) is 30.2 Å². The van der Waals surface area contributed by atoms with E-state index in [1.807, 2.05) is 0 Å². The molecule has 6 nitrogen and oxygen atoms in total. The van der Waals surface area contributed by atoms with Crippen LogP contribution < -0.4 is 4.90 Å². The lowest BCUT2D eigenvalue weighted by Gasteiger charge is -2.15. The highest BCUT2D eigenvalue weighted by molar-refractivity contribution is 6.52. The van der Waals surface area contributed by atoms with E-state index < -0.39 is 17.5 Å². The number of carbonyl (C=O) groups excluding carboxylic acids is 2. The topological polar surface area (TPSA) is 86.1 Å². The first-order valence-corrected chi connectivity index (χ1v) is 5.31. The van der Waals surface area contributed by atoms with Crippen molar-refractivity contribution in [1.82, 2.24) is 0 Å². The monoisotopic (exact) mass is 248 g/mol. The first-order chi connectivity index (χ1) is 8.65. The number of rotatable bonds is 4. The van der Waals surface area contributed by atoms with Crippen LogP contribution in [0.4, 0.5) is 10.1 Å². The number of azide groups is 1. The number of hydrogen-bond donors (Lipinski definition) is 0. The van der Waals surface area contributed by atoms with E-state index in [9.17, 15) is 14.0 Å². The van der Waals surface area contributed by atoms with E-state index in [0.717, 1.165) is 6.07 Å². The van der Waals surface area contributed by atoms with Gasteiger partial charge in [0.1, 0.15) is 5.82 Å². The summed E-state index contributed by atoms with van der Waals surface area (Å²) in [5, 5.41) is 3.34. The minimum absolute atomic E-state index is 0.0868. The first-order valence-electron chi connectivity index (χ1n) is 5.31. The number of fused-ring (bicyclic) bond motifs is 1. The third-order valence-electron chi connectivity index (χ3n) is 2.64. The summed E-state index contributed by atoms with van der Waals surface area (Å²) in [5.41, 5.74) is 8.62. The third kappa shape index (κ3) is 2.03. The van der Waals surface area contributed by atoms with Gasteiger partial charge in [0, 0.05) is 18.0 Å². The van der Waals surface area contributed by atoms with Crippen molar-refractivity contribution in [3.63, 3.8) is 0 Å². The Hall–Kier alpha value is -2.40. The maximum atomic E-state index is 13.0. The lowest BCUT2D eigenvalue weighted by atomic mass is 10.1. The van der Waals surface area contributed by atoms with Gasteiger partial charge in [-0.15, -0.1) is 0 Å². The number of nitrogens with zero attached hydrogens (tertiary/aromatic N) is 4. The van der Waals surface area contributed by atoms with Crippen molar-refractivity contribution in [3.05, 3.63) is 40.0 Å². The molecule has 0 saturated carbocycles. The molecule has 0 aromatic heterocycles. The quantitative estimate of drug-likeness (QED) is 0.268. The Morgan fingerprint density at radius 2 is 2.17 bits per heavy atom. The highest BCUT2D eigenvalue weighted by Crippen LogP contribution is 2.29. The molecule has 1 aliphatic rings. The zero-order valence-corrected chi connectivity index (χ0v) is 9.34. The average molecular weight is 248 g/mol. The van der Waals surface area contributed by atoms with Gasteiger partial charge in [-0.3, -0.25) is 9.59 Å². The fourth-order valence-electron chi connectivity index (χ4n) is 1.84. The number of carbonyl (C=O) groups is 2. The summed E-state index contributed by atoms with van der Waals surface area (Å²) < 4.78 is 13.0. The Kier molecular flexibility index (Phi) is 3.25. The maximum Gasteiger partial charge on any atom is 0.299 e. The van der Waals surface area contributed by atoms with Gasteiger partial charge in [-0.1, -0.05) is 5.11 Å². The van der Waals surface area contributed by atoms with Crippen LogP contribution in [0.3, 0.4) is 0 Å². The molecule has 0 fully saturated rings. The molecule has 0 radical (unpaired) electrons. The number of halogens is 1. The van der Waals surface area contributed by atoms with Crippen molar-refractivity contribution >= 4 is 17.4 Å². The number of benzene rings is 1. The van der Waals surface area contributed by atoms with Crippen molar-refractivity contribution in [2.75, 3.05) is 18.0 Å². The zero-order chi connectivity index (χ0) is 13.1. The molecule has 0 saturated heterocycles. The van der Waals surface area contributed by atoms with Gasteiger partial charge in [0.25, 0.3) is 11.7 Å². The second kappa shape index (κ2) is 4.85. The molecule has 0 unspecified atom stereocenters. The molecule has 1 aliphatic heterocycles. The number of Topliss-reactive ketones (excluding diaryl/α,β-unsaturated/α-hetero) is 1. The summed E-state index contributed by atoms with van der Waals surface area (Å²) >= 11 is 0. The minimum Gasteiger partial charge on any atom is -0.305 e. The molecule has 0 spiro atoms. The van der Waals surface area contributed by atoms with Crippen molar-refractivity contribution in [2.24, 2.45) is 5.11 Å². The molecule has 0 N–H and O–H groups in total. The molecule has 92 valence electrons. The predicted octanol–water partition coefficient (Wildman–Crippen LogP) is 2.06. The SMILES string of the molecule is [N-]=[N+]=NCCCN1C(=O)C(=O)c2cc(F)ccc21. The zero-order valence-electron chi connectivity index (χ0n) is 9.34. The molecule has 7 heteroatoms. The van der Waals surface area contributed by atoms with Gasteiger partial charge in [0.15, 0.2) is 0 Å². The Bertz CT molecular complexity index is 566. The summed E-state index contributed by atoms with van der Waals surface area (Å²) in [6.07, 6.45) is 0.444. The highest BCUT2D eigenvalue weighted by Gasteiger charge is 2.35. The van der Waals surface area contributed by atoms with Gasteiger partial charge in [-0.25, -0.2) is 4.39 Å². The molecule has 1 amide bonds. The van der Waals surface area contributed by atoms with Crippen LogP contribution in [0.1, 0.15) is 16.8 Å². The molecule has 2 rings (SSSR count). The van der Waals surface area contributed by atoms with Crippen LogP contribution in [0.2, 0.25) is 0 Å². The Balaban J connectivity index is 2.20. The van der Waals surface area contributed by atoms with Crippen molar-refractivity contribution in [3.8, 4) is 0 Å². The molecule has 0 bridgehead atoms. The first kappa shape index (κ1) is 12.1.